The monoisotopic (exact) mass is 410 g/mol. The SMILES string of the molecule is C[C@@H]1C[C@H]2[C@@H]3CCC4=CC(=O)C=C[C@]4(C)[C@H]3[C@@H](O)C[C@]2(C)[C@H]1OC(=O)c1ccco1. The topological polar surface area (TPSA) is 76.7 Å². The van der Waals surface area contributed by atoms with Crippen molar-refractivity contribution in [3.8, 4) is 0 Å². The summed E-state index contributed by atoms with van der Waals surface area (Å²) in [5, 5.41) is 11.4. The molecule has 0 saturated heterocycles. The van der Waals surface area contributed by atoms with Crippen molar-refractivity contribution >= 4 is 11.8 Å². The summed E-state index contributed by atoms with van der Waals surface area (Å²) in [7, 11) is 0. The van der Waals surface area contributed by atoms with Gasteiger partial charge in [-0.15, -0.1) is 0 Å². The van der Waals surface area contributed by atoms with E-state index in [-0.39, 0.29) is 40.3 Å². The molecule has 1 aromatic heterocycles. The Kier molecular flexibility index (Phi) is 4.41. The van der Waals surface area contributed by atoms with Crippen molar-refractivity contribution in [3.05, 3.63) is 48.0 Å². The Morgan fingerprint density at radius 3 is 2.87 bits per heavy atom. The van der Waals surface area contributed by atoms with Gasteiger partial charge in [-0.2, -0.15) is 0 Å². The average molecular weight is 411 g/mol. The lowest BCUT2D eigenvalue weighted by molar-refractivity contribution is -0.133. The molecule has 1 aromatic rings. The number of esters is 1. The van der Waals surface area contributed by atoms with Crippen LogP contribution in [0.25, 0.3) is 0 Å². The predicted octanol–water partition coefficient (Wildman–Crippen LogP) is 4.33. The summed E-state index contributed by atoms with van der Waals surface area (Å²) in [5.74, 6) is 0.874. The van der Waals surface area contributed by atoms with E-state index in [2.05, 4.69) is 20.8 Å². The van der Waals surface area contributed by atoms with Crippen molar-refractivity contribution in [2.45, 2.75) is 58.7 Å². The molecule has 0 aliphatic heterocycles. The smallest absolute Gasteiger partial charge is 0.374 e. The maximum Gasteiger partial charge on any atom is 0.374 e. The van der Waals surface area contributed by atoms with Crippen molar-refractivity contribution in [1.29, 1.82) is 0 Å². The number of hydrogen-bond donors (Lipinski definition) is 1. The zero-order chi connectivity index (χ0) is 21.3. The van der Waals surface area contributed by atoms with Gasteiger partial charge in [0.25, 0.3) is 0 Å². The molecule has 0 bridgehead atoms. The van der Waals surface area contributed by atoms with Crippen molar-refractivity contribution in [2.24, 2.45) is 34.5 Å². The van der Waals surface area contributed by atoms with Crippen molar-refractivity contribution in [3.63, 3.8) is 0 Å². The third-order valence-electron chi connectivity index (χ3n) is 8.68. The van der Waals surface area contributed by atoms with Crippen LogP contribution in [0, 0.1) is 34.5 Å². The Labute approximate surface area is 177 Å². The number of carbonyl (C=O) groups is 2. The summed E-state index contributed by atoms with van der Waals surface area (Å²) in [6.07, 6.45) is 9.64. The normalized spacial score (nSPS) is 44.7. The minimum Gasteiger partial charge on any atom is -0.457 e. The fourth-order valence-electron chi connectivity index (χ4n) is 7.47. The van der Waals surface area contributed by atoms with E-state index < -0.39 is 12.1 Å². The maximum atomic E-state index is 12.6. The molecule has 160 valence electrons. The van der Waals surface area contributed by atoms with E-state index in [1.54, 1.807) is 24.3 Å². The summed E-state index contributed by atoms with van der Waals surface area (Å²) in [6.45, 7) is 6.52. The number of furan rings is 1. The molecular weight excluding hydrogens is 380 g/mol. The van der Waals surface area contributed by atoms with Crippen molar-refractivity contribution in [2.75, 3.05) is 0 Å². The Morgan fingerprint density at radius 1 is 1.33 bits per heavy atom. The lowest BCUT2D eigenvalue weighted by atomic mass is 9.47. The number of ether oxygens (including phenoxy) is 1. The van der Waals surface area contributed by atoms with Crippen LogP contribution in [0.5, 0.6) is 0 Å². The van der Waals surface area contributed by atoms with Crippen LogP contribution in [0.15, 0.2) is 46.6 Å². The minimum atomic E-state index is -0.502. The van der Waals surface area contributed by atoms with E-state index in [9.17, 15) is 14.7 Å². The summed E-state index contributed by atoms with van der Waals surface area (Å²) >= 11 is 0. The Bertz CT molecular complexity index is 927. The highest BCUT2D eigenvalue weighted by atomic mass is 16.6. The van der Waals surface area contributed by atoms with Gasteiger partial charge in [-0.1, -0.05) is 32.4 Å². The second-order valence-electron chi connectivity index (χ2n) is 10.3. The zero-order valence-electron chi connectivity index (χ0n) is 17.8. The molecule has 1 heterocycles. The number of aliphatic hydroxyl groups is 1. The molecule has 3 fully saturated rings. The van der Waals surface area contributed by atoms with Gasteiger partial charge in [-0.05, 0) is 67.7 Å². The van der Waals surface area contributed by atoms with Crippen LogP contribution < -0.4 is 0 Å². The maximum absolute atomic E-state index is 12.6. The first-order valence-corrected chi connectivity index (χ1v) is 11.1. The molecule has 4 aliphatic carbocycles. The molecule has 0 radical (unpaired) electrons. The fraction of sp³-hybridized carbons (Fsp3) is 0.600. The van der Waals surface area contributed by atoms with Gasteiger partial charge in [-0.3, -0.25) is 4.79 Å². The van der Waals surface area contributed by atoms with Crippen LogP contribution >= 0.6 is 0 Å². The Hall–Kier alpha value is -2.14. The first-order valence-electron chi connectivity index (χ1n) is 11.1. The summed E-state index contributed by atoms with van der Waals surface area (Å²) in [4.78, 5) is 24.6. The van der Waals surface area contributed by atoms with E-state index in [0.29, 0.717) is 18.3 Å². The zero-order valence-corrected chi connectivity index (χ0v) is 17.8. The molecule has 1 N–H and O–H groups in total. The van der Waals surface area contributed by atoms with Gasteiger partial charge in [0.1, 0.15) is 6.10 Å². The van der Waals surface area contributed by atoms with E-state index in [4.69, 9.17) is 9.15 Å². The van der Waals surface area contributed by atoms with E-state index in [1.807, 2.05) is 6.08 Å². The molecule has 3 saturated carbocycles. The standard InChI is InChI=1S/C25H30O5/c1-14-11-18-17-7-6-15-12-16(26)8-9-24(15,2)21(17)19(27)13-25(18,3)22(14)30-23(28)20-5-4-10-29-20/h4-5,8-10,12,14,17-19,21-22,27H,6-7,11,13H2,1-3H3/t14-,17+,18+,19+,21-,22+,24+,25+/m1/s1. The lowest BCUT2D eigenvalue weighted by Gasteiger charge is -2.58. The lowest BCUT2D eigenvalue weighted by Crippen LogP contribution is -2.57. The van der Waals surface area contributed by atoms with Crippen molar-refractivity contribution in [1.82, 2.24) is 0 Å². The van der Waals surface area contributed by atoms with Gasteiger partial charge < -0.3 is 14.3 Å². The van der Waals surface area contributed by atoms with Gasteiger partial charge in [0.05, 0.1) is 12.4 Å². The first kappa shape index (κ1) is 19.8. The highest BCUT2D eigenvalue weighted by Gasteiger charge is 2.64. The van der Waals surface area contributed by atoms with Crippen LogP contribution in [0.3, 0.4) is 0 Å². The third kappa shape index (κ3) is 2.71. The fourth-order valence-corrected chi connectivity index (χ4v) is 7.47. The number of carbonyl (C=O) groups excluding carboxylic acids is 2. The van der Waals surface area contributed by atoms with E-state index >= 15 is 0 Å². The summed E-state index contributed by atoms with van der Waals surface area (Å²) < 4.78 is 11.2. The molecule has 0 aromatic carbocycles. The van der Waals surface area contributed by atoms with Gasteiger partial charge in [0, 0.05) is 16.7 Å². The van der Waals surface area contributed by atoms with Crippen LogP contribution in [0.1, 0.15) is 57.0 Å². The van der Waals surface area contributed by atoms with Crippen molar-refractivity contribution < 1.29 is 23.8 Å². The molecule has 5 heteroatoms. The molecule has 5 rings (SSSR count). The highest BCUT2D eigenvalue weighted by Crippen LogP contribution is 2.65. The van der Waals surface area contributed by atoms with Gasteiger partial charge in [-0.25, -0.2) is 4.79 Å². The minimum absolute atomic E-state index is 0.0513. The molecule has 0 unspecified atom stereocenters. The molecule has 4 aliphatic rings. The molecular formula is C25H30O5. The van der Waals surface area contributed by atoms with Gasteiger partial charge in [0.15, 0.2) is 5.78 Å². The van der Waals surface area contributed by atoms with Gasteiger partial charge in [0.2, 0.25) is 5.76 Å². The second kappa shape index (κ2) is 6.68. The second-order valence-corrected chi connectivity index (χ2v) is 10.3. The van der Waals surface area contributed by atoms with E-state index in [1.165, 1.54) is 6.26 Å². The number of rotatable bonds is 2. The molecule has 5 nitrogen and oxygen atoms in total. The molecule has 8 atom stereocenters. The summed E-state index contributed by atoms with van der Waals surface area (Å²) in [6, 6.07) is 3.31. The Morgan fingerprint density at radius 2 is 2.13 bits per heavy atom. The van der Waals surface area contributed by atoms with Gasteiger partial charge >= 0.3 is 5.97 Å². The van der Waals surface area contributed by atoms with Crippen LogP contribution in [0.4, 0.5) is 0 Å². The van der Waals surface area contributed by atoms with Crippen LogP contribution in [0.2, 0.25) is 0 Å². The number of fused-ring (bicyclic) bond motifs is 5. The average Bonchev–Trinajstić information content (AvgIpc) is 3.30. The number of hydrogen-bond acceptors (Lipinski definition) is 5. The third-order valence-corrected chi connectivity index (χ3v) is 8.68. The highest BCUT2D eigenvalue weighted by molar-refractivity contribution is 6.01. The van der Waals surface area contributed by atoms with Crippen LogP contribution in [-0.4, -0.2) is 29.1 Å². The Balaban J connectivity index is 1.46. The predicted molar refractivity (Wildman–Crippen MR) is 110 cm³/mol. The largest absolute Gasteiger partial charge is 0.457 e. The first-order chi connectivity index (χ1) is 14.2. The van der Waals surface area contributed by atoms with E-state index in [0.717, 1.165) is 24.8 Å². The number of ketones is 1. The number of allylic oxidation sites excluding steroid dienone is 4. The van der Waals surface area contributed by atoms with Crippen LogP contribution in [-0.2, 0) is 9.53 Å². The summed E-state index contributed by atoms with van der Waals surface area (Å²) in [5.41, 5.74) is 0.614. The number of aliphatic hydroxyl groups excluding tert-OH is 1. The molecule has 0 spiro atoms. The molecule has 0 amide bonds. The quantitative estimate of drug-likeness (QED) is 0.735. The molecule has 30 heavy (non-hydrogen) atoms.